The van der Waals surface area contributed by atoms with Gasteiger partial charge < -0.3 is 20.4 Å². The van der Waals surface area contributed by atoms with E-state index < -0.39 is 35.2 Å². The van der Waals surface area contributed by atoms with Crippen LogP contribution in [-0.2, 0) is 24.6 Å². The number of pyridine rings is 1. The van der Waals surface area contributed by atoms with Crippen LogP contribution >= 0.6 is 0 Å². The lowest BCUT2D eigenvalue weighted by Gasteiger charge is -2.32. The quantitative estimate of drug-likeness (QED) is 0.463. The Hall–Kier alpha value is -4.78. The van der Waals surface area contributed by atoms with Crippen LogP contribution in [0.5, 0.6) is 0 Å². The van der Waals surface area contributed by atoms with Crippen molar-refractivity contribution < 1.29 is 19.2 Å². The Morgan fingerprint density at radius 1 is 1.23 bits per heavy atom. The molecule has 1 spiro atoms. The number of nitriles is 1. The van der Waals surface area contributed by atoms with Crippen LogP contribution in [0.4, 0.5) is 11.4 Å². The molecule has 1 saturated heterocycles. The number of hydrogen-bond acceptors (Lipinski definition) is 6. The van der Waals surface area contributed by atoms with Gasteiger partial charge in [0.1, 0.15) is 12.1 Å². The Labute approximate surface area is 232 Å². The SMILES string of the molecule is CCCC[C@@H](C(=O)N1C[C@]2(C[C@H]1C#N)C(=O)Nc1ccccc12)N(C)C(=O)C(=O)Nc1cnc2ccccc2c1. The highest BCUT2D eigenvalue weighted by Crippen LogP contribution is 2.46. The summed E-state index contributed by atoms with van der Waals surface area (Å²) in [5.74, 6) is -2.48. The number of likely N-dealkylation sites (N-methyl/N-ethyl adjacent to an activating group) is 1. The van der Waals surface area contributed by atoms with Crippen LogP contribution in [0.3, 0.4) is 0 Å². The predicted molar refractivity (Wildman–Crippen MR) is 149 cm³/mol. The summed E-state index contributed by atoms with van der Waals surface area (Å²) < 4.78 is 0. The molecule has 4 amide bonds. The van der Waals surface area contributed by atoms with Gasteiger partial charge in [-0.15, -0.1) is 0 Å². The van der Waals surface area contributed by atoms with E-state index in [-0.39, 0.29) is 18.9 Å². The van der Waals surface area contributed by atoms with Gasteiger partial charge in [-0.05, 0) is 30.2 Å². The van der Waals surface area contributed by atoms with Crippen molar-refractivity contribution in [2.24, 2.45) is 0 Å². The van der Waals surface area contributed by atoms with E-state index in [2.05, 4.69) is 21.7 Å². The van der Waals surface area contributed by atoms with Gasteiger partial charge in [0, 0.05) is 31.1 Å². The molecule has 3 heterocycles. The Bertz CT molecular complexity index is 1550. The molecule has 3 atom stereocenters. The molecular formula is C30H30N6O4. The first-order valence-electron chi connectivity index (χ1n) is 13.3. The van der Waals surface area contributed by atoms with Crippen LogP contribution in [0.1, 0.15) is 38.2 Å². The van der Waals surface area contributed by atoms with E-state index >= 15 is 0 Å². The van der Waals surface area contributed by atoms with Gasteiger partial charge in [-0.3, -0.25) is 24.2 Å². The average Bonchev–Trinajstić information content (AvgIpc) is 3.50. The zero-order valence-corrected chi connectivity index (χ0v) is 22.4. The van der Waals surface area contributed by atoms with Gasteiger partial charge in [-0.2, -0.15) is 5.26 Å². The third-order valence-electron chi connectivity index (χ3n) is 7.86. The molecule has 3 aromatic rings. The molecular weight excluding hydrogens is 508 g/mol. The second-order valence-electron chi connectivity index (χ2n) is 10.3. The molecule has 2 aliphatic rings. The minimum Gasteiger partial charge on any atom is -0.325 e. The number of likely N-dealkylation sites (tertiary alicyclic amines) is 1. The number of nitrogens with zero attached hydrogens (tertiary/aromatic N) is 4. The predicted octanol–water partition coefficient (Wildman–Crippen LogP) is 3.21. The fraction of sp³-hybridized carbons (Fsp3) is 0.333. The molecule has 40 heavy (non-hydrogen) atoms. The number of anilines is 2. The van der Waals surface area contributed by atoms with Crippen LogP contribution in [0.25, 0.3) is 10.9 Å². The first-order valence-corrected chi connectivity index (χ1v) is 13.3. The number of fused-ring (bicyclic) bond motifs is 3. The second-order valence-corrected chi connectivity index (χ2v) is 10.3. The van der Waals surface area contributed by atoms with Crippen molar-refractivity contribution in [2.45, 2.75) is 50.1 Å². The lowest BCUT2D eigenvalue weighted by molar-refractivity contribution is -0.149. The summed E-state index contributed by atoms with van der Waals surface area (Å²) in [6.07, 6.45) is 3.34. The summed E-state index contributed by atoms with van der Waals surface area (Å²) in [4.78, 5) is 60.1. The molecule has 0 radical (unpaired) electrons. The molecule has 1 fully saturated rings. The number of para-hydroxylation sites is 2. The molecule has 2 aliphatic heterocycles. The Kier molecular flexibility index (Phi) is 7.22. The number of carbonyl (C=O) groups is 4. The molecule has 2 N–H and O–H groups in total. The van der Waals surface area contributed by atoms with Gasteiger partial charge in [0.25, 0.3) is 0 Å². The molecule has 1 aromatic heterocycles. The number of unbranched alkanes of at least 4 members (excludes halogenated alkanes) is 1. The summed E-state index contributed by atoms with van der Waals surface area (Å²) in [7, 11) is 1.42. The van der Waals surface area contributed by atoms with Crippen LogP contribution in [0, 0.1) is 11.3 Å². The van der Waals surface area contributed by atoms with Crippen molar-refractivity contribution in [1.29, 1.82) is 5.26 Å². The molecule has 0 aliphatic carbocycles. The summed E-state index contributed by atoms with van der Waals surface area (Å²) >= 11 is 0. The number of amides is 4. The smallest absolute Gasteiger partial charge is 0.313 e. The van der Waals surface area contributed by atoms with Crippen molar-refractivity contribution in [3.8, 4) is 6.07 Å². The van der Waals surface area contributed by atoms with Gasteiger partial charge >= 0.3 is 11.8 Å². The Balaban J connectivity index is 1.36. The largest absolute Gasteiger partial charge is 0.325 e. The maximum Gasteiger partial charge on any atom is 0.313 e. The number of hydrogen-bond donors (Lipinski definition) is 2. The van der Waals surface area contributed by atoms with Crippen LogP contribution in [0.15, 0.2) is 60.8 Å². The standard InChI is InChI=1S/C30H30N6O4/c1-3-4-13-25(35(2)28(39)26(37)33-20-14-19-9-5-7-11-23(19)32-17-20)27(38)36-18-30(15-21(36)16-31)22-10-6-8-12-24(22)34-29(30)40/h5-12,14,17,21,25H,3-4,13,15,18H2,1-2H3,(H,33,37)(H,34,40)/t21-,25-,30-/m0/s1. The second kappa shape index (κ2) is 10.8. The maximum absolute atomic E-state index is 14.0. The van der Waals surface area contributed by atoms with E-state index in [4.69, 9.17) is 0 Å². The van der Waals surface area contributed by atoms with Gasteiger partial charge in [0.2, 0.25) is 11.8 Å². The Morgan fingerprint density at radius 2 is 1.98 bits per heavy atom. The molecule has 5 rings (SSSR count). The lowest BCUT2D eigenvalue weighted by Crippen LogP contribution is -2.53. The first kappa shape index (κ1) is 26.8. The Morgan fingerprint density at radius 3 is 2.75 bits per heavy atom. The summed E-state index contributed by atoms with van der Waals surface area (Å²) in [6, 6.07) is 16.8. The monoisotopic (exact) mass is 538 g/mol. The van der Waals surface area contributed by atoms with Crippen molar-refractivity contribution in [3.63, 3.8) is 0 Å². The molecule has 204 valence electrons. The van der Waals surface area contributed by atoms with Gasteiger partial charge in [0.15, 0.2) is 0 Å². The number of nitrogens with one attached hydrogen (secondary N) is 2. The molecule has 0 saturated carbocycles. The molecule has 2 aromatic carbocycles. The van der Waals surface area contributed by atoms with E-state index in [0.29, 0.717) is 24.2 Å². The molecule has 10 heteroatoms. The summed E-state index contributed by atoms with van der Waals surface area (Å²) in [5, 5.41) is 16.2. The molecule has 10 nitrogen and oxygen atoms in total. The van der Waals surface area contributed by atoms with Crippen LogP contribution in [-0.4, -0.2) is 64.1 Å². The number of carbonyl (C=O) groups excluding carboxylic acids is 4. The summed E-state index contributed by atoms with van der Waals surface area (Å²) in [6.45, 7) is 1.98. The van der Waals surface area contributed by atoms with E-state index in [0.717, 1.165) is 27.8 Å². The fourth-order valence-corrected chi connectivity index (χ4v) is 5.68. The third kappa shape index (κ3) is 4.64. The topological polar surface area (TPSA) is 136 Å². The van der Waals surface area contributed by atoms with Crippen molar-refractivity contribution in [2.75, 3.05) is 24.2 Å². The minimum atomic E-state index is -1.04. The van der Waals surface area contributed by atoms with Gasteiger partial charge in [-0.1, -0.05) is 56.2 Å². The molecule has 0 unspecified atom stereocenters. The first-order chi connectivity index (χ1) is 19.3. The zero-order chi connectivity index (χ0) is 28.4. The van der Waals surface area contributed by atoms with Crippen molar-refractivity contribution in [3.05, 3.63) is 66.4 Å². The summed E-state index contributed by atoms with van der Waals surface area (Å²) in [5.41, 5.74) is 1.51. The number of benzene rings is 2. The molecule has 0 bridgehead atoms. The van der Waals surface area contributed by atoms with E-state index in [1.165, 1.54) is 18.1 Å². The normalized spacial score (nSPS) is 20.1. The van der Waals surface area contributed by atoms with Crippen molar-refractivity contribution in [1.82, 2.24) is 14.8 Å². The van der Waals surface area contributed by atoms with Gasteiger partial charge in [0.05, 0.1) is 28.9 Å². The lowest BCUT2D eigenvalue weighted by atomic mass is 9.80. The van der Waals surface area contributed by atoms with Crippen LogP contribution < -0.4 is 10.6 Å². The number of rotatable bonds is 6. The number of aromatic nitrogens is 1. The third-order valence-corrected chi connectivity index (χ3v) is 7.86. The van der Waals surface area contributed by atoms with E-state index in [9.17, 15) is 24.4 Å². The average molecular weight is 539 g/mol. The highest BCUT2D eigenvalue weighted by Gasteiger charge is 2.56. The highest BCUT2D eigenvalue weighted by atomic mass is 16.2. The zero-order valence-electron chi connectivity index (χ0n) is 22.4. The maximum atomic E-state index is 14.0. The highest BCUT2D eigenvalue weighted by molar-refractivity contribution is 6.39. The minimum absolute atomic E-state index is 0.0204. The van der Waals surface area contributed by atoms with Gasteiger partial charge in [-0.25, -0.2) is 0 Å². The van der Waals surface area contributed by atoms with E-state index in [1.807, 2.05) is 49.4 Å². The van der Waals surface area contributed by atoms with Crippen molar-refractivity contribution >= 4 is 45.9 Å². The fourth-order valence-electron chi connectivity index (χ4n) is 5.68. The van der Waals surface area contributed by atoms with Crippen LogP contribution in [0.2, 0.25) is 0 Å². The van der Waals surface area contributed by atoms with E-state index in [1.54, 1.807) is 12.1 Å².